The largest absolute Gasteiger partial charge is 0.379 e. The molecule has 1 saturated carbocycles. The molecule has 4 aliphatic rings. The maximum absolute atomic E-state index is 12.9. The van der Waals surface area contributed by atoms with Crippen molar-refractivity contribution in [3.63, 3.8) is 0 Å². The van der Waals surface area contributed by atoms with Crippen molar-refractivity contribution < 1.29 is 14.3 Å². The Bertz CT molecular complexity index is 770. The summed E-state index contributed by atoms with van der Waals surface area (Å²) < 4.78 is 5.46. The molecule has 3 aliphatic heterocycles. The zero-order chi connectivity index (χ0) is 19.3. The standard InChI is InChI=1S/C21H28N4O3/c22-18(26)19-24-9-1-2-17(24)20(27)25(19)16-5-3-15(4-6-16)21(7-8-21)14-23-10-12-28-13-11-23/h3-6,17,19H,1-2,7-14H2,(H2,22,26)/t17-,19?/m0/s1. The summed E-state index contributed by atoms with van der Waals surface area (Å²) in [6, 6.07) is 8.05. The van der Waals surface area contributed by atoms with Crippen LogP contribution in [0.1, 0.15) is 31.2 Å². The number of hydrogen-bond acceptors (Lipinski definition) is 5. The smallest absolute Gasteiger partial charge is 0.255 e. The van der Waals surface area contributed by atoms with E-state index < -0.39 is 12.1 Å². The van der Waals surface area contributed by atoms with Gasteiger partial charge in [0.25, 0.3) is 5.91 Å². The lowest BCUT2D eigenvalue weighted by Gasteiger charge is -2.31. The zero-order valence-electron chi connectivity index (χ0n) is 16.2. The van der Waals surface area contributed by atoms with Gasteiger partial charge < -0.3 is 10.5 Å². The summed E-state index contributed by atoms with van der Waals surface area (Å²) in [4.78, 5) is 31.1. The van der Waals surface area contributed by atoms with Crippen LogP contribution in [0.25, 0.3) is 0 Å². The Morgan fingerprint density at radius 1 is 1.14 bits per heavy atom. The summed E-state index contributed by atoms with van der Waals surface area (Å²) in [5, 5.41) is 0. The van der Waals surface area contributed by atoms with E-state index in [-0.39, 0.29) is 17.4 Å². The molecule has 0 radical (unpaired) electrons. The highest BCUT2D eigenvalue weighted by molar-refractivity contribution is 6.06. The van der Waals surface area contributed by atoms with Gasteiger partial charge in [0, 0.05) is 37.3 Å². The van der Waals surface area contributed by atoms with Crippen molar-refractivity contribution in [2.75, 3.05) is 44.3 Å². The number of amides is 2. The molecule has 1 aromatic carbocycles. The van der Waals surface area contributed by atoms with Crippen LogP contribution in [0.5, 0.6) is 0 Å². The number of morpholine rings is 1. The number of carbonyl (C=O) groups excluding carboxylic acids is 2. The first-order chi connectivity index (χ1) is 13.6. The first-order valence-electron chi connectivity index (χ1n) is 10.4. The second-order valence-electron chi connectivity index (χ2n) is 8.60. The van der Waals surface area contributed by atoms with E-state index in [1.54, 1.807) is 4.90 Å². The molecule has 7 heteroatoms. The van der Waals surface area contributed by atoms with Crippen molar-refractivity contribution in [3.05, 3.63) is 29.8 Å². The van der Waals surface area contributed by atoms with Crippen molar-refractivity contribution in [3.8, 4) is 0 Å². The van der Waals surface area contributed by atoms with Gasteiger partial charge in [-0.05, 0) is 43.4 Å². The Balaban J connectivity index is 1.36. The van der Waals surface area contributed by atoms with Crippen molar-refractivity contribution in [2.24, 2.45) is 5.73 Å². The third kappa shape index (κ3) is 2.93. The molecule has 0 aromatic heterocycles. The van der Waals surface area contributed by atoms with Gasteiger partial charge in [-0.25, -0.2) is 0 Å². The van der Waals surface area contributed by atoms with Crippen molar-refractivity contribution in [1.82, 2.24) is 9.80 Å². The number of fused-ring (bicyclic) bond motifs is 1. The second kappa shape index (κ2) is 6.83. The third-order valence-corrected chi connectivity index (χ3v) is 6.87. The average molecular weight is 384 g/mol. The van der Waals surface area contributed by atoms with Gasteiger partial charge in [0.15, 0.2) is 6.17 Å². The molecule has 0 spiro atoms. The van der Waals surface area contributed by atoms with Crippen molar-refractivity contribution in [2.45, 2.75) is 43.3 Å². The molecule has 4 fully saturated rings. The van der Waals surface area contributed by atoms with E-state index in [4.69, 9.17) is 10.5 Å². The van der Waals surface area contributed by atoms with Gasteiger partial charge in [0.2, 0.25) is 5.91 Å². The van der Waals surface area contributed by atoms with Gasteiger partial charge in [-0.15, -0.1) is 0 Å². The van der Waals surface area contributed by atoms with Gasteiger partial charge in [0.05, 0.1) is 19.3 Å². The minimum atomic E-state index is -0.658. The van der Waals surface area contributed by atoms with E-state index in [0.29, 0.717) is 0 Å². The first kappa shape index (κ1) is 18.1. The highest BCUT2D eigenvalue weighted by atomic mass is 16.5. The molecular formula is C21H28N4O3. The molecule has 1 aromatic rings. The summed E-state index contributed by atoms with van der Waals surface area (Å²) in [6.45, 7) is 5.45. The van der Waals surface area contributed by atoms with Crippen molar-refractivity contribution in [1.29, 1.82) is 0 Å². The molecule has 7 nitrogen and oxygen atoms in total. The normalized spacial score (nSPS) is 29.9. The Morgan fingerprint density at radius 2 is 1.86 bits per heavy atom. The maximum Gasteiger partial charge on any atom is 0.255 e. The maximum atomic E-state index is 12.9. The van der Waals surface area contributed by atoms with Gasteiger partial charge in [-0.3, -0.25) is 24.3 Å². The fraction of sp³-hybridized carbons (Fsp3) is 0.619. The van der Waals surface area contributed by atoms with Gasteiger partial charge >= 0.3 is 0 Å². The molecule has 28 heavy (non-hydrogen) atoms. The van der Waals surface area contributed by atoms with Crippen LogP contribution in [0.15, 0.2) is 24.3 Å². The van der Waals surface area contributed by atoms with Gasteiger partial charge in [0.1, 0.15) is 0 Å². The number of carbonyl (C=O) groups is 2. The van der Waals surface area contributed by atoms with E-state index in [9.17, 15) is 9.59 Å². The number of ether oxygens (including phenoxy) is 1. The van der Waals surface area contributed by atoms with Gasteiger partial charge in [-0.1, -0.05) is 12.1 Å². The predicted molar refractivity (Wildman–Crippen MR) is 105 cm³/mol. The van der Waals surface area contributed by atoms with Crippen LogP contribution >= 0.6 is 0 Å². The molecular weight excluding hydrogens is 356 g/mol. The quantitative estimate of drug-likeness (QED) is 0.807. The van der Waals surface area contributed by atoms with Crippen LogP contribution in [-0.2, 0) is 19.7 Å². The minimum Gasteiger partial charge on any atom is -0.379 e. The Hall–Kier alpha value is -1.96. The number of nitrogens with zero attached hydrogens (tertiary/aromatic N) is 3. The van der Waals surface area contributed by atoms with E-state index in [1.165, 1.54) is 18.4 Å². The highest BCUT2D eigenvalue weighted by Gasteiger charge is 2.51. The molecule has 1 unspecified atom stereocenters. The van der Waals surface area contributed by atoms with E-state index in [1.807, 2.05) is 17.0 Å². The van der Waals surface area contributed by atoms with E-state index in [0.717, 1.165) is 57.9 Å². The van der Waals surface area contributed by atoms with Crippen LogP contribution in [0, 0.1) is 0 Å². The lowest BCUT2D eigenvalue weighted by molar-refractivity contribution is -0.122. The number of nitrogens with two attached hydrogens (primary N) is 1. The summed E-state index contributed by atoms with van der Waals surface area (Å²) in [7, 11) is 0. The molecule has 150 valence electrons. The number of rotatable bonds is 5. The lowest BCUT2D eigenvalue weighted by atomic mass is 9.94. The molecule has 2 N–H and O–H groups in total. The molecule has 2 amide bonds. The Morgan fingerprint density at radius 3 is 2.50 bits per heavy atom. The molecule has 2 atom stereocenters. The second-order valence-corrected chi connectivity index (χ2v) is 8.60. The number of anilines is 1. The summed E-state index contributed by atoms with van der Waals surface area (Å²) >= 11 is 0. The lowest BCUT2D eigenvalue weighted by Crippen LogP contribution is -2.49. The molecule has 1 aliphatic carbocycles. The third-order valence-electron chi connectivity index (χ3n) is 6.87. The zero-order valence-corrected chi connectivity index (χ0v) is 16.2. The first-order valence-corrected chi connectivity index (χ1v) is 10.4. The monoisotopic (exact) mass is 384 g/mol. The van der Waals surface area contributed by atoms with Crippen LogP contribution in [0.2, 0.25) is 0 Å². The Kier molecular flexibility index (Phi) is 4.41. The minimum absolute atomic E-state index is 0.00324. The number of hydrogen-bond donors (Lipinski definition) is 1. The van der Waals surface area contributed by atoms with Crippen LogP contribution in [0.4, 0.5) is 5.69 Å². The number of primary amides is 1. The van der Waals surface area contributed by atoms with Crippen LogP contribution in [-0.4, -0.2) is 73.2 Å². The summed E-state index contributed by atoms with van der Waals surface area (Å²) in [5.74, 6) is -0.448. The van der Waals surface area contributed by atoms with E-state index in [2.05, 4.69) is 17.0 Å². The van der Waals surface area contributed by atoms with Gasteiger partial charge in [-0.2, -0.15) is 0 Å². The van der Waals surface area contributed by atoms with Crippen LogP contribution in [0.3, 0.4) is 0 Å². The fourth-order valence-corrected chi connectivity index (χ4v) is 5.19. The van der Waals surface area contributed by atoms with E-state index >= 15 is 0 Å². The molecule has 0 bridgehead atoms. The molecule has 3 saturated heterocycles. The Labute approximate surface area is 165 Å². The molecule has 3 heterocycles. The summed E-state index contributed by atoms with van der Waals surface area (Å²) in [5.41, 5.74) is 7.99. The summed E-state index contributed by atoms with van der Waals surface area (Å²) in [6.07, 6.45) is 3.49. The predicted octanol–water partition coefficient (Wildman–Crippen LogP) is 0.673. The highest BCUT2D eigenvalue weighted by Crippen LogP contribution is 2.49. The van der Waals surface area contributed by atoms with Crippen LogP contribution < -0.4 is 10.6 Å². The topological polar surface area (TPSA) is 79.1 Å². The number of benzene rings is 1. The average Bonchev–Trinajstić information content (AvgIpc) is 3.21. The van der Waals surface area contributed by atoms with Crippen molar-refractivity contribution >= 4 is 17.5 Å². The fourth-order valence-electron chi connectivity index (χ4n) is 5.19. The SMILES string of the molecule is NC(=O)C1N(c2ccc(C3(CN4CCOCC4)CC3)cc2)C(=O)[C@@H]2CCCN12. The molecule has 5 rings (SSSR count).